The predicted molar refractivity (Wildman–Crippen MR) is 104 cm³/mol. The van der Waals surface area contributed by atoms with Crippen LogP contribution in [-0.2, 0) is 0 Å². The number of benzene rings is 3. The van der Waals surface area contributed by atoms with Crippen molar-refractivity contribution in [3.8, 4) is 11.5 Å². The first kappa shape index (κ1) is 17.5. The van der Waals surface area contributed by atoms with E-state index in [1.54, 1.807) is 24.3 Å². The Hall–Kier alpha value is -3.93. The van der Waals surface area contributed by atoms with Gasteiger partial charge in [0.1, 0.15) is 11.5 Å². The van der Waals surface area contributed by atoms with Gasteiger partial charge >= 0.3 is 0 Å². The maximum absolute atomic E-state index is 12.5. The second-order valence-corrected chi connectivity index (χ2v) is 6.32. The number of rotatable bonds is 4. The van der Waals surface area contributed by atoms with E-state index in [9.17, 15) is 14.4 Å². The molecular formula is C22H16N2O4. The van der Waals surface area contributed by atoms with Crippen molar-refractivity contribution in [2.24, 2.45) is 0 Å². The number of hydrogen-bond acceptors (Lipinski definition) is 4. The van der Waals surface area contributed by atoms with Crippen LogP contribution in [0.5, 0.6) is 11.5 Å². The monoisotopic (exact) mass is 372 g/mol. The van der Waals surface area contributed by atoms with Gasteiger partial charge in [0.2, 0.25) is 0 Å². The lowest BCUT2D eigenvalue weighted by Gasteiger charge is -2.08. The molecule has 3 aromatic carbocycles. The molecule has 0 aromatic heterocycles. The summed E-state index contributed by atoms with van der Waals surface area (Å²) in [7, 11) is 1.42. The van der Waals surface area contributed by atoms with Crippen LogP contribution in [-0.4, -0.2) is 29.7 Å². The van der Waals surface area contributed by atoms with Gasteiger partial charge in [0.05, 0.1) is 11.1 Å². The van der Waals surface area contributed by atoms with Crippen LogP contribution in [0.1, 0.15) is 31.1 Å². The van der Waals surface area contributed by atoms with Gasteiger partial charge < -0.3 is 10.1 Å². The largest absolute Gasteiger partial charge is 0.457 e. The Labute approximate surface area is 161 Å². The molecule has 0 fully saturated rings. The van der Waals surface area contributed by atoms with E-state index in [0.717, 1.165) is 10.6 Å². The van der Waals surface area contributed by atoms with E-state index in [-0.39, 0.29) is 17.4 Å². The molecule has 6 heteroatoms. The minimum Gasteiger partial charge on any atom is -0.457 e. The van der Waals surface area contributed by atoms with Crippen LogP contribution in [0.4, 0.5) is 5.69 Å². The highest BCUT2D eigenvalue weighted by Crippen LogP contribution is 2.25. The summed E-state index contributed by atoms with van der Waals surface area (Å²) in [5.74, 6) is 0.239. The van der Waals surface area contributed by atoms with Crippen molar-refractivity contribution < 1.29 is 19.1 Å². The summed E-state index contributed by atoms with van der Waals surface area (Å²) in [5, 5.41) is 2.77. The van der Waals surface area contributed by atoms with E-state index in [0.29, 0.717) is 22.6 Å². The number of para-hydroxylation sites is 1. The zero-order valence-electron chi connectivity index (χ0n) is 15.0. The molecule has 0 radical (unpaired) electrons. The van der Waals surface area contributed by atoms with Gasteiger partial charge in [-0.2, -0.15) is 0 Å². The molecule has 4 rings (SSSR count). The number of nitrogens with zero attached hydrogens (tertiary/aromatic N) is 1. The summed E-state index contributed by atoms with van der Waals surface area (Å²) in [4.78, 5) is 37.6. The van der Waals surface area contributed by atoms with Crippen molar-refractivity contribution in [2.75, 3.05) is 12.4 Å². The van der Waals surface area contributed by atoms with Crippen molar-refractivity contribution in [3.05, 3.63) is 89.5 Å². The number of imide groups is 1. The lowest BCUT2D eigenvalue weighted by atomic mass is 10.1. The van der Waals surface area contributed by atoms with Crippen LogP contribution in [0, 0.1) is 0 Å². The highest BCUT2D eigenvalue weighted by molar-refractivity contribution is 6.22. The fraction of sp³-hybridized carbons (Fsp3) is 0.0455. The van der Waals surface area contributed by atoms with Gasteiger partial charge in [-0.15, -0.1) is 0 Å². The van der Waals surface area contributed by atoms with Gasteiger partial charge in [-0.3, -0.25) is 19.3 Å². The smallest absolute Gasteiger partial charge is 0.261 e. The summed E-state index contributed by atoms with van der Waals surface area (Å²) < 4.78 is 5.72. The Morgan fingerprint density at radius 3 is 2.18 bits per heavy atom. The number of ether oxygens (including phenoxy) is 1. The third-order valence-corrected chi connectivity index (χ3v) is 4.44. The normalized spacial score (nSPS) is 12.7. The van der Waals surface area contributed by atoms with Crippen molar-refractivity contribution in [1.29, 1.82) is 0 Å². The predicted octanol–water partition coefficient (Wildman–Crippen LogP) is 3.96. The summed E-state index contributed by atoms with van der Waals surface area (Å²) in [5.41, 5.74) is 1.45. The molecule has 1 aliphatic heterocycles. The van der Waals surface area contributed by atoms with E-state index in [1.165, 1.54) is 25.2 Å². The van der Waals surface area contributed by atoms with E-state index in [4.69, 9.17) is 4.74 Å². The van der Waals surface area contributed by atoms with Crippen LogP contribution >= 0.6 is 0 Å². The quantitative estimate of drug-likeness (QED) is 0.704. The van der Waals surface area contributed by atoms with Crippen LogP contribution in [0.3, 0.4) is 0 Å². The van der Waals surface area contributed by atoms with Crippen LogP contribution < -0.4 is 10.1 Å². The Bertz CT molecular complexity index is 1080. The van der Waals surface area contributed by atoms with Gasteiger partial charge in [0, 0.05) is 18.3 Å². The lowest BCUT2D eigenvalue weighted by Crippen LogP contribution is -2.24. The molecule has 0 atom stereocenters. The summed E-state index contributed by atoms with van der Waals surface area (Å²) >= 11 is 0. The van der Waals surface area contributed by atoms with E-state index in [2.05, 4.69) is 5.32 Å². The zero-order valence-corrected chi connectivity index (χ0v) is 15.0. The average Bonchev–Trinajstić information content (AvgIpc) is 2.94. The van der Waals surface area contributed by atoms with Crippen LogP contribution in [0.2, 0.25) is 0 Å². The molecule has 3 aromatic rings. The first-order valence-electron chi connectivity index (χ1n) is 8.64. The summed E-state index contributed by atoms with van der Waals surface area (Å²) in [6, 6.07) is 20.8. The van der Waals surface area contributed by atoms with E-state index >= 15 is 0 Å². The average molecular weight is 372 g/mol. The first-order valence-corrected chi connectivity index (χ1v) is 8.64. The van der Waals surface area contributed by atoms with Gasteiger partial charge in [0.25, 0.3) is 17.7 Å². The Morgan fingerprint density at radius 1 is 0.821 bits per heavy atom. The minimum atomic E-state index is -0.405. The second-order valence-electron chi connectivity index (χ2n) is 6.32. The van der Waals surface area contributed by atoms with Gasteiger partial charge in [-0.05, 0) is 54.6 Å². The van der Waals surface area contributed by atoms with Crippen molar-refractivity contribution in [1.82, 2.24) is 4.90 Å². The molecule has 0 saturated carbocycles. The van der Waals surface area contributed by atoms with Crippen molar-refractivity contribution >= 4 is 23.4 Å². The highest BCUT2D eigenvalue weighted by Gasteiger charge is 2.33. The number of nitrogens with one attached hydrogen (secondary N) is 1. The standard InChI is InChI=1S/C22H16N2O4/c1-24-21(26)18-12-7-14(13-19(18)22(24)27)20(25)23-15-8-10-17(11-9-15)28-16-5-3-2-4-6-16/h2-13H,1H3,(H,23,25). The number of carbonyl (C=O) groups is 3. The highest BCUT2D eigenvalue weighted by atomic mass is 16.5. The molecule has 28 heavy (non-hydrogen) atoms. The third kappa shape index (κ3) is 3.23. The summed E-state index contributed by atoms with van der Waals surface area (Å²) in [6.45, 7) is 0. The lowest BCUT2D eigenvalue weighted by molar-refractivity contribution is 0.0693. The molecule has 0 unspecified atom stereocenters. The number of carbonyl (C=O) groups excluding carboxylic acids is 3. The molecule has 0 aliphatic carbocycles. The van der Waals surface area contributed by atoms with Crippen molar-refractivity contribution in [2.45, 2.75) is 0 Å². The SMILES string of the molecule is CN1C(=O)c2ccc(C(=O)Nc3ccc(Oc4ccccc4)cc3)cc2C1=O. The second kappa shape index (κ2) is 7.00. The van der Waals surface area contributed by atoms with E-state index < -0.39 is 5.91 Å². The van der Waals surface area contributed by atoms with Crippen molar-refractivity contribution in [3.63, 3.8) is 0 Å². The van der Waals surface area contributed by atoms with Crippen LogP contribution in [0.25, 0.3) is 0 Å². The van der Waals surface area contributed by atoms with E-state index in [1.807, 2.05) is 30.3 Å². The first-order chi connectivity index (χ1) is 13.5. The molecule has 138 valence electrons. The molecule has 3 amide bonds. The number of hydrogen-bond donors (Lipinski definition) is 1. The minimum absolute atomic E-state index is 0.242. The molecule has 0 saturated heterocycles. The topological polar surface area (TPSA) is 75.7 Å². The third-order valence-electron chi connectivity index (χ3n) is 4.44. The molecular weight excluding hydrogens is 356 g/mol. The molecule has 0 spiro atoms. The molecule has 1 N–H and O–H groups in total. The molecule has 6 nitrogen and oxygen atoms in total. The Balaban J connectivity index is 1.47. The number of amides is 3. The van der Waals surface area contributed by atoms with Crippen LogP contribution in [0.15, 0.2) is 72.8 Å². The van der Waals surface area contributed by atoms with Gasteiger partial charge in [-0.25, -0.2) is 0 Å². The maximum atomic E-state index is 12.5. The summed E-state index contributed by atoms with van der Waals surface area (Å²) in [6.07, 6.45) is 0. The van der Waals surface area contributed by atoms with Gasteiger partial charge in [-0.1, -0.05) is 18.2 Å². The fourth-order valence-electron chi connectivity index (χ4n) is 2.94. The maximum Gasteiger partial charge on any atom is 0.261 e. The molecule has 0 bridgehead atoms. The Kier molecular flexibility index (Phi) is 4.37. The number of anilines is 1. The fourth-order valence-corrected chi connectivity index (χ4v) is 2.94. The zero-order chi connectivity index (χ0) is 19.7. The molecule has 1 aliphatic rings. The van der Waals surface area contributed by atoms with Gasteiger partial charge in [0.15, 0.2) is 0 Å². The number of fused-ring (bicyclic) bond motifs is 1. The molecule has 1 heterocycles. The Morgan fingerprint density at radius 2 is 1.46 bits per heavy atom.